The van der Waals surface area contributed by atoms with E-state index in [0.717, 1.165) is 4.34 Å². The van der Waals surface area contributed by atoms with E-state index in [1.54, 1.807) is 23.1 Å². The Kier molecular flexibility index (Phi) is 3.47. The lowest BCUT2D eigenvalue weighted by atomic mass is 10.2. The monoisotopic (exact) mass is 221 g/mol. The van der Waals surface area contributed by atoms with Gasteiger partial charge in [0.05, 0.1) is 8.55 Å². The standard InChI is InChI=1S/C8H12ClNS2/c1-8(2,5-10)12-7-4-3-6(9)11-7/h3-4H,5,10H2,1-2H3. The second-order valence-corrected chi connectivity index (χ2v) is 6.85. The van der Waals surface area contributed by atoms with Crippen molar-refractivity contribution in [1.29, 1.82) is 0 Å². The van der Waals surface area contributed by atoms with Gasteiger partial charge in [-0.1, -0.05) is 11.6 Å². The minimum absolute atomic E-state index is 0.105. The third-order valence-electron chi connectivity index (χ3n) is 1.42. The van der Waals surface area contributed by atoms with Crippen LogP contribution in [0.2, 0.25) is 4.34 Å². The van der Waals surface area contributed by atoms with Crippen LogP contribution < -0.4 is 5.73 Å². The Morgan fingerprint density at radius 3 is 2.67 bits per heavy atom. The van der Waals surface area contributed by atoms with Gasteiger partial charge in [-0.3, -0.25) is 0 Å². The summed E-state index contributed by atoms with van der Waals surface area (Å²) in [6.45, 7) is 4.93. The highest BCUT2D eigenvalue weighted by Gasteiger charge is 2.17. The van der Waals surface area contributed by atoms with Crippen LogP contribution in [0.5, 0.6) is 0 Å². The van der Waals surface area contributed by atoms with Gasteiger partial charge in [-0.05, 0) is 26.0 Å². The van der Waals surface area contributed by atoms with E-state index in [1.165, 1.54) is 4.21 Å². The topological polar surface area (TPSA) is 26.0 Å². The summed E-state index contributed by atoms with van der Waals surface area (Å²) in [5.41, 5.74) is 5.61. The van der Waals surface area contributed by atoms with Crippen LogP contribution in [0.3, 0.4) is 0 Å². The maximum atomic E-state index is 5.81. The van der Waals surface area contributed by atoms with Crippen LogP contribution in [0.25, 0.3) is 0 Å². The van der Waals surface area contributed by atoms with Crippen molar-refractivity contribution in [3.05, 3.63) is 16.5 Å². The van der Waals surface area contributed by atoms with Crippen molar-refractivity contribution < 1.29 is 0 Å². The Hall–Kier alpha value is 0.300. The molecule has 0 aliphatic heterocycles. The second-order valence-electron chi connectivity index (χ2n) is 3.12. The summed E-state index contributed by atoms with van der Waals surface area (Å²) in [5.74, 6) is 0. The Labute approximate surface area is 86.3 Å². The first-order valence-electron chi connectivity index (χ1n) is 3.68. The molecule has 1 aromatic heterocycles. The minimum atomic E-state index is 0.105. The molecule has 0 saturated carbocycles. The lowest BCUT2D eigenvalue weighted by Crippen LogP contribution is -2.26. The van der Waals surface area contributed by atoms with E-state index >= 15 is 0 Å². The highest BCUT2D eigenvalue weighted by molar-refractivity contribution is 8.02. The first-order valence-corrected chi connectivity index (χ1v) is 5.69. The van der Waals surface area contributed by atoms with Gasteiger partial charge in [-0.2, -0.15) is 0 Å². The summed E-state index contributed by atoms with van der Waals surface area (Å²) in [4.78, 5) is 0. The quantitative estimate of drug-likeness (QED) is 0.794. The van der Waals surface area contributed by atoms with Crippen molar-refractivity contribution in [2.45, 2.75) is 22.8 Å². The Morgan fingerprint density at radius 2 is 2.25 bits per heavy atom. The van der Waals surface area contributed by atoms with Crippen LogP contribution in [-0.4, -0.2) is 11.3 Å². The molecule has 0 aromatic carbocycles. The van der Waals surface area contributed by atoms with Gasteiger partial charge < -0.3 is 5.73 Å². The van der Waals surface area contributed by atoms with E-state index < -0.39 is 0 Å². The molecule has 0 unspecified atom stereocenters. The van der Waals surface area contributed by atoms with Gasteiger partial charge in [0, 0.05) is 11.3 Å². The molecule has 0 aliphatic carbocycles. The molecule has 1 heterocycles. The van der Waals surface area contributed by atoms with Crippen molar-refractivity contribution in [3.8, 4) is 0 Å². The van der Waals surface area contributed by atoms with Crippen molar-refractivity contribution in [2.75, 3.05) is 6.54 Å². The molecule has 2 N–H and O–H groups in total. The van der Waals surface area contributed by atoms with Gasteiger partial charge in [0.25, 0.3) is 0 Å². The van der Waals surface area contributed by atoms with E-state index in [4.69, 9.17) is 17.3 Å². The lowest BCUT2D eigenvalue weighted by molar-refractivity contribution is 0.724. The number of thioether (sulfide) groups is 1. The number of nitrogens with two attached hydrogens (primary N) is 1. The molecular weight excluding hydrogens is 210 g/mol. The zero-order valence-corrected chi connectivity index (χ0v) is 9.52. The average molecular weight is 222 g/mol. The molecule has 4 heteroatoms. The van der Waals surface area contributed by atoms with Gasteiger partial charge in [0.15, 0.2) is 0 Å². The molecule has 68 valence electrons. The highest BCUT2D eigenvalue weighted by atomic mass is 35.5. The number of thiophene rings is 1. The Bertz CT molecular complexity index is 257. The molecule has 12 heavy (non-hydrogen) atoms. The number of rotatable bonds is 3. The largest absolute Gasteiger partial charge is 0.329 e. The summed E-state index contributed by atoms with van der Waals surface area (Å²) < 4.78 is 2.18. The van der Waals surface area contributed by atoms with Gasteiger partial charge in [0.1, 0.15) is 0 Å². The molecule has 0 radical (unpaired) electrons. The van der Waals surface area contributed by atoms with Crippen LogP contribution in [0, 0.1) is 0 Å². The molecule has 0 bridgehead atoms. The fourth-order valence-corrected chi connectivity index (χ4v) is 3.46. The molecule has 0 aliphatic rings. The molecule has 0 amide bonds. The van der Waals surface area contributed by atoms with Crippen molar-refractivity contribution in [3.63, 3.8) is 0 Å². The van der Waals surface area contributed by atoms with Crippen molar-refractivity contribution in [2.24, 2.45) is 5.73 Å². The third kappa shape index (κ3) is 2.98. The second kappa shape index (κ2) is 4.01. The first-order chi connectivity index (χ1) is 5.53. The fraction of sp³-hybridized carbons (Fsp3) is 0.500. The molecule has 0 spiro atoms. The number of halogens is 1. The number of hydrogen-bond donors (Lipinski definition) is 1. The molecule has 1 aromatic rings. The van der Waals surface area contributed by atoms with E-state index in [9.17, 15) is 0 Å². The third-order valence-corrected chi connectivity index (χ3v) is 4.00. The summed E-state index contributed by atoms with van der Waals surface area (Å²) in [7, 11) is 0. The van der Waals surface area contributed by atoms with Crippen LogP contribution in [0.15, 0.2) is 16.3 Å². The van der Waals surface area contributed by atoms with E-state index in [0.29, 0.717) is 6.54 Å². The maximum absolute atomic E-state index is 5.81. The fourth-order valence-electron chi connectivity index (χ4n) is 0.667. The normalized spacial score (nSPS) is 12.0. The van der Waals surface area contributed by atoms with Crippen LogP contribution in [-0.2, 0) is 0 Å². The maximum Gasteiger partial charge on any atom is 0.0940 e. The Morgan fingerprint density at radius 1 is 1.58 bits per heavy atom. The Balaban J connectivity index is 2.63. The SMILES string of the molecule is CC(C)(CN)Sc1ccc(Cl)s1. The lowest BCUT2D eigenvalue weighted by Gasteiger charge is -2.19. The average Bonchev–Trinajstić information content (AvgIpc) is 2.35. The van der Waals surface area contributed by atoms with Gasteiger partial charge in [-0.25, -0.2) is 0 Å². The predicted octanol–water partition coefficient (Wildman–Crippen LogP) is 3.23. The van der Waals surface area contributed by atoms with Gasteiger partial charge in [-0.15, -0.1) is 23.1 Å². The van der Waals surface area contributed by atoms with Crippen LogP contribution in [0.1, 0.15) is 13.8 Å². The van der Waals surface area contributed by atoms with Crippen LogP contribution in [0.4, 0.5) is 0 Å². The summed E-state index contributed by atoms with van der Waals surface area (Å²) >= 11 is 9.18. The minimum Gasteiger partial charge on any atom is -0.329 e. The van der Waals surface area contributed by atoms with Crippen LogP contribution >= 0.6 is 34.7 Å². The van der Waals surface area contributed by atoms with E-state index in [-0.39, 0.29) is 4.75 Å². The van der Waals surface area contributed by atoms with E-state index in [1.807, 2.05) is 12.1 Å². The number of hydrogen-bond acceptors (Lipinski definition) is 3. The van der Waals surface area contributed by atoms with Crippen molar-refractivity contribution in [1.82, 2.24) is 0 Å². The molecule has 0 saturated heterocycles. The molecule has 1 rings (SSSR count). The van der Waals surface area contributed by atoms with Crippen molar-refractivity contribution >= 4 is 34.7 Å². The van der Waals surface area contributed by atoms with Gasteiger partial charge >= 0.3 is 0 Å². The molecule has 0 atom stereocenters. The molecular formula is C8H12ClNS2. The summed E-state index contributed by atoms with van der Waals surface area (Å²) in [5, 5.41) is 0. The molecule has 0 fully saturated rings. The highest BCUT2D eigenvalue weighted by Crippen LogP contribution is 2.37. The zero-order valence-electron chi connectivity index (χ0n) is 7.13. The summed E-state index contributed by atoms with van der Waals surface area (Å²) in [6.07, 6.45) is 0. The zero-order chi connectivity index (χ0) is 9.19. The summed E-state index contributed by atoms with van der Waals surface area (Å²) in [6, 6.07) is 3.95. The van der Waals surface area contributed by atoms with Gasteiger partial charge in [0.2, 0.25) is 0 Å². The van der Waals surface area contributed by atoms with E-state index in [2.05, 4.69) is 13.8 Å². The predicted molar refractivity (Wildman–Crippen MR) is 58.3 cm³/mol. The first kappa shape index (κ1) is 10.4. The smallest absolute Gasteiger partial charge is 0.0940 e. The molecule has 1 nitrogen and oxygen atoms in total.